The molecule has 0 aliphatic heterocycles. The van der Waals surface area contributed by atoms with Gasteiger partial charge in [0.15, 0.2) is 0 Å². The van der Waals surface area contributed by atoms with Crippen molar-refractivity contribution in [3.05, 3.63) is 52.6 Å². The number of aliphatic hydroxyl groups is 1. The molecule has 1 aromatic rings. The number of nitrogens with two attached hydrogens (primary N) is 1. The summed E-state index contributed by atoms with van der Waals surface area (Å²) in [6.07, 6.45) is 7.56. The first-order valence-corrected chi connectivity index (χ1v) is 7.80. The average molecular weight is 285 g/mol. The zero-order valence-corrected chi connectivity index (χ0v) is 13.4. The molecule has 2 rings (SSSR count). The summed E-state index contributed by atoms with van der Waals surface area (Å²) in [6, 6.07) is 7.97. The second-order valence-electron chi connectivity index (χ2n) is 6.69. The van der Waals surface area contributed by atoms with Crippen LogP contribution in [0.25, 0.3) is 6.08 Å². The Morgan fingerprint density at radius 2 is 2.10 bits per heavy atom. The van der Waals surface area contributed by atoms with Gasteiger partial charge in [0.05, 0.1) is 6.10 Å². The normalized spacial score (nSPS) is 20.0. The Balaban J connectivity index is 2.25. The van der Waals surface area contributed by atoms with Gasteiger partial charge in [0.25, 0.3) is 0 Å². The predicted molar refractivity (Wildman–Crippen MR) is 89.8 cm³/mol. The third-order valence-corrected chi connectivity index (χ3v) is 4.50. The first-order chi connectivity index (χ1) is 9.94. The fourth-order valence-corrected chi connectivity index (χ4v) is 3.20. The van der Waals surface area contributed by atoms with E-state index >= 15 is 0 Å². The van der Waals surface area contributed by atoms with Gasteiger partial charge < -0.3 is 10.8 Å². The lowest BCUT2D eigenvalue weighted by Gasteiger charge is -2.32. The van der Waals surface area contributed by atoms with E-state index in [0.717, 1.165) is 11.1 Å². The minimum absolute atomic E-state index is 0.254. The molecule has 0 amide bonds. The Labute approximate surface area is 128 Å². The van der Waals surface area contributed by atoms with Crippen molar-refractivity contribution in [1.82, 2.24) is 0 Å². The number of hydrogen-bond acceptors (Lipinski definition) is 2. The summed E-state index contributed by atoms with van der Waals surface area (Å²) in [5.74, 6) is 0. The van der Waals surface area contributed by atoms with E-state index in [1.807, 2.05) is 18.2 Å². The maximum atomic E-state index is 9.84. The van der Waals surface area contributed by atoms with Gasteiger partial charge in [-0.3, -0.25) is 0 Å². The van der Waals surface area contributed by atoms with E-state index in [4.69, 9.17) is 5.73 Å². The molecular weight excluding hydrogens is 258 g/mol. The molecule has 0 aromatic heterocycles. The molecule has 0 heterocycles. The van der Waals surface area contributed by atoms with Gasteiger partial charge >= 0.3 is 0 Å². The number of benzene rings is 1. The molecule has 0 fully saturated rings. The lowest BCUT2D eigenvalue weighted by Crippen LogP contribution is -2.18. The first kappa shape index (κ1) is 16.0. The van der Waals surface area contributed by atoms with Crippen LogP contribution in [0.4, 0.5) is 0 Å². The van der Waals surface area contributed by atoms with Crippen LogP contribution in [0.5, 0.6) is 0 Å². The van der Waals surface area contributed by atoms with Crippen molar-refractivity contribution in [2.75, 3.05) is 6.54 Å². The summed E-state index contributed by atoms with van der Waals surface area (Å²) in [5, 5.41) is 9.84. The maximum absolute atomic E-state index is 9.84. The van der Waals surface area contributed by atoms with Crippen LogP contribution in [0.1, 0.15) is 57.3 Å². The molecule has 2 nitrogen and oxygen atoms in total. The van der Waals surface area contributed by atoms with Crippen LogP contribution in [-0.2, 0) is 0 Å². The molecule has 1 atom stereocenters. The molecule has 114 valence electrons. The van der Waals surface area contributed by atoms with Gasteiger partial charge in [0, 0.05) is 6.54 Å². The van der Waals surface area contributed by atoms with Crippen molar-refractivity contribution in [3.8, 4) is 0 Å². The molecule has 0 saturated carbocycles. The molecule has 1 aromatic carbocycles. The van der Waals surface area contributed by atoms with Gasteiger partial charge in [-0.05, 0) is 54.4 Å². The van der Waals surface area contributed by atoms with Crippen LogP contribution in [-0.4, -0.2) is 11.7 Å². The number of allylic oxidation sites excluding steroid dienone is 3. The fraction of sp³-hybridized carbons (Fsp3) is 0.474. The first-order valence-electron chi connectivity index (χ1n) is 7.80. The van der Waals surface area contributed by atoms with Crippen LogP contribution < -0.4 is 5.73 Å². The fourth-order valence-electron chi connectivity index (χ4n) is 3.20. The van der Waals surface area contributed by atoms with Crippen molar-refractivity contribution in [1.29, 1.82) is 0 Å². The Morgan fingerprint density at radius 1 is 1.33 bits per heavy atom. The quantitative estimate of drug-likeness (QED) is 0.870. The molecular formula is C19H27NO. The number of aliphatic hydroxyl groups excluding tert-OH is 1. The molecule has 0 spiro atoms. The lowest BCUT2D eigenvalue weighted by atomic mass is 9.72. The second kappa shape index (κ2) is 6.59. The highest BCUT2D eigenvalue weighted by Crippen LogP contribution is 2.40. The Bertz CT molecular complexity index is 554. The van der Waals surface area contributed by atoms with Crippen molar-refractivity contribution in [2.24, 2.45) is 11.1 Å². The van der Waals surface area contributed by atoms with E-state index < -0.39 is 6.10 Å². The molecule has 0 bridgehead atoms. The monoisotopic (exact) mass is 285 g/mol. The van der Waals surface area contributed by atoms with Crippen LogP contribution in [0.3, 0.4) is 0 Å². The van der Waals surface area contributed by atoms with Gasteiger partial charge in [0.2, 0.25) is 0 Å². The Kier molecular flexibility index (Phi) is 5.02. The van der Waals surface area contributed by atoms with Gasteiger partial charge in [0.1, 0.15) is 0 Å². The van der Waals surface area contributed by atoms with E-state index in [1.165, 1.54) is 30.4 Å². The topological polar surface area (TPSA) is 46.2 Å². The molecule has 1 aliphatic rings. The Hall–Kier alpha value is -1.38. The third-order valence-electron chi connectivity index (χ3n) is 4.50. The van der Waals surface area contributed by atoms with E-state index in [-0.39, 0.29) is 12.0 Å². The summed E-state index contributed by atoms with van der Waals surface area (Å²) < 4.78 is 0. The van der Waals surface area contributed by atoms with Gasteiger partial charge in [-0.15, -0.1) is 0 Å². The summed E-state index contributed by atoms with van der Waals surface area (Å²) >= 11 is 0. The summed E-state index contributed by atoms with van der Waals surface area (Å²) in [4.78, 5) is 0. The number of rotatable bonds is 4. The molecule has 0 radical (unpaired) electrons. The molecule has 1 unspecified atom stereocenters. The largest absolute Gasteiger partial charge is 0.387 e. The SMILES string of the molecule is CC1=C(/C=C/c2cccc(C(O)CN)c2)C(C)(C)CCC1. The second-order valence-corrected chi connectivity index (χ2v) is 6.69. The Morgan fingerprint density at radius 3 is 2.76 bits per heavy atom. The highest BCUT2D eigenvalue weighted by atomic mass is 16.3. The third kappa shape index (κ3) is 3.84. The zero-order valence-electron chi connectivity index (χ0n) is 13.4. The molecule has 2 heteroatoms. The van der Waals surface area contributed by atoms with Crippen molar-refractivity contribution < 1.29 is 5.11 Å². The van der Waals surface area contributed by atoms with Crippen molar-refractivity contribution >= 4 is 6.08 Å². The summed E-state index contributed by atoms with van der Waals surface area (Å²) in [6.45, 7) is 7.15. The van der Waals surface area contributed by atoms with E-state index in [2.05, 4.69) is 39.0 Å². The highest BCUT2D eigenvalue weighted by molar-refractivity contribution is 5.55. The van der Waals surface area contributed by atoms with Gasteiger partial charge in [-0.2, -0.15) is 0 Å². The zero-order chi connectivity index (χ0) is 15.5. The summed E-state index contributed by atoms with van der Waals surface area (Å²) in [7, 11) is 0. The maximum Gasteiger partial charge on any atom is 0.0912 e. The van der Waals surface area contributed by atoms with E-state index in [1.54, 1.807) is 0 Å². The van der Waals surface area contributed by atoms with Crippen LogP contribution in [0, 0.1) is 5.41 Å². The van der Waals surface area contributed by atoms with E-state index in [9.17, 15) is 5.11 Å². The minimum Gasteiger partial charge on any atom is -0.387 e. The average Bonchev–Trinajstić information content (AvgIpc) is 2.45. The molecule has 21 heavy (non-hydrogen) atoms. The predicted octanol–water partition coefficient (Wildman–Crippen LogP) is 4.22. The van der Waals surface area contributed by atoms with Crippen LogP contribution >= 0.6 is 0 Å². The molecule has 1 aliphatic carbocycles. The molecule has 3 N–H and O–H groups in total. The molecule has 0 saturated heterocycles. The van der Waals surface area contributed by atoms with Gasteiger partial charge in [-0.25, -0.2) is 0 Å². The smallest absolute Gasteiger partial charge is 0.0912 e. The lowest BCUT2D eigenvalue weighted by molar-refractivity contribution is 0.186. The van der Waals surface area contributed by atoms with Crippen LogP contribution in [0.15, 0.2) is 41.5 Å². The highest BCUT2D eigenvalue weighted by Gasteiger charge is 2.26. The van der Waals surface area contributed by atoms with Crippen LogP contribution in [0.2, 0.25) is 0 Å². The number of hydrogen-bond donors (Lipinski definition) is 2. The van der Waals surface area contributed by atoms with Gasteiger partial charge in [-0.1, -0.05) is 49.8 Å². The summed E-state index contributed by atoms with van der Waals surface area (Å²) in [5.41, 5.74) is 10.7. The van der Waals surface area contributed by atoms with Crippen molar-refractivity contribution in [2.45, 2.75) is 46.1 Å². The standard InChI is InChI=1S/C19H27NO/c1-14-6-5-11-19(2,3)17(14)10-9-15-7-4-8-16(12-15)18(21)13-20/h4,7-10,12,18,21H,5-6,11,13,20H2,1-3H3/b10-9+. The minimum atomic E-state index is -0.578. The van der Waals surface area contributed by atoms with E-state index in [0.29, 0.717) is 0 Å². The van der Waals surface area contributed by atoms with Crippen molar-refractivity contribution in [3.63, 3.8) is 0 Å².